The zero-order chi connectivity index (χ0) is 12.6. The van der Waals surface area contributed by atoms with Crippen LogP contribution in [0.5, 0.6) is 0 Å². The molecule has 2 heteroatoms. The van der Waals surface area contributed by atoms with Crippen molar-refractivity contribution in [2.24, 2.45) is 11.3 Å². The highest BCUT2D eigenvalue weighted by Gasteiger charge is 2.17. The molecule has 0 fully saturated rings. The highest BCUT2D eigenvalue weighted by Crippen LogP contribution is 2.25. The van der Waals surface area contributed by atoms with Gasteiger partial charge in [0.1, 0.15) is 0 Å². The van der Waals surface area contributed by atoms with E-state index in [0.29, 0.717) is 24.3 Å². The zero-order valence-electron chi connectivity index (χ0n) is 11.3. The van der Waals surface area contributed by atoms with Gasteiger partial charge in [-0.3, -0.25) is 4.79 Å². The molecule has 0 aromatic rings. The van der Waals surface area contributed by atoms with E-state index in [4.69, 9.17) is 0 Å². The Balaban J connectivity index is 3.73. The molecule has 1 atom stereocenters. The normalized spacial score (nSPS) is 12.6. The topological polar surface area (TPSA) is 29.1 Å². The second kappa shape index (κ2) is 7.33. The Bertz CT molecular complexity index is 265. The van der Waals surface area contributed by atoms with Gasteiger partial charge in [0.15, 0.2) is 0 Å². The number of nitrogens with one attached hydrogen (secondary N) is 1. The van der Waals surface area contributed by atoms with Crippen LogP contribution in [0.15, 0.2) is 0 Å². The average Bonchev–Trinajstić information content (AvgIpc) is 2.09. The van der Waals surface area contributed by atoms with E-state index in [1.807, 2.05) is 6.92 Å². The van der Waals surface area contributed by atoms with E-state index in [-0.39, 0.29) is 5.91 Å². The average molecular weight is 223 g/mol. The van der Waals surface area contributed by atoms with E-state index in [1.165, 1.54) is 0 Å². The molecule has 0 saturated carbocycles. The van der Waals surface area contributed by atoms with Crippen molar-refractivity contribution in [2.45, 2.75) is 53.9 Å². The predicted molar refractivity (Wildman–Crippen MR) is 68.9 cm³/mol. The molecule has 92 valence electrons. The van der Waals surface area contributed by atoms with Crippen LogP contribution < -0.4 is 5.32 Å². The van der Waals surface area contributed by atoms with E-state index >= 15 is 0 Å². The SMILES string of the molecule is CC#CCCNC(=O)CC(C)CC(C)(C)C. The van der Waals surface area contributed by atoms with Crippen LogP contribution in [-0.4, -0.2) is 12.5 Å². The van der Waals surface area contributed by atoms with Crippen LogP contribution in [0.1, 0.15) is 53.9 Å². The fraction of sp³-hybridized carbons (Fsp3) is 0.786. The molecular formula is C14H25NO. The summed E-state index contributed by atoms with van der Waals surface area (Å²) in [7, 11) is 0. The van der Waals surface area contributed by atoms with Crippen molar-refractivity contribution < 1.29 is 4.79 Å². The predicted octanol–water partition coefficient (Wildman–Crippen LogP) is 2.98. The van der Waals surface area contributed by atoms with Crippen LogP contribution in [0.4, 0.5) is 0 Å². The van der Waals surface area contributed by atoms with E-state index in [9.17, 15) is 4.79 Å². The summed E-state index contributed by atoms with van der Waals surface area (Å²) in [6.07, 6.45) is 2.45. The number of rotatable bonds is 5. The molecule has 0 rings (SSSR count). The smallest absolute Gasteiger partial charge is 0.220 e. The van der Waals surface area contributed by atoms with Crippen LogP contribution in [0, 0.1) is 23.2 Å². The van der Waals surface area contributed by atoms with Gasteiger partial charge in [-0.25, -0.2) is 0 Å². The lowest BCUT2D eigenvalue weighted by Crippen LogP contribution is -2.26. The molecule has 0 aliphatic rings. The fourth-order valence-electron chi connectivity index (χ4n) is 1.90. The van der Waals surface area contributed by atoms with Crippen LogP contribution >= 0.6 is 0 Å². The Kier molecular flexibility index (Phi) is 6.88. The van der Waals surface area contributed by atoms with Crippen molar-refractivity contribution in [3.8, 4) is 11.8 Å². The molecule has 16 heavy (non-hydrogen) atoms. The third kappa shape index (κ3) is 9.58. The molecule has 0 aromatic heterocycles. The summed E-state index contributed by atoms with van der Waals surface area (Å²) in [5.41, 5.74) is 0.299. The summed E-state index contributed by atoms with van der Waals surface area (Å²) in [6, 6.07) is 0. The molecule has 0 aliphatic heterocycles. The Labute approximate surface area is 100 Å². The number of amides is 1. The maximum atomic E-state index is 11.5. The van der Waals surface area contributed by atoms with Gasteiger partial charge in [0.05, 0.1) is 0 Å². The van der Waals surface area contributed by atoms with Crippen molar-refractivity contribution >= 4 is 5.91 Å². The molecule has 1 amide bonds. The van der Waals surface area contributed by atoms with Crippen molar-refractivity contribution in [2.75, 3.05) is 6.54 Å². The number of carbonyl (C=O) groups excluding carboxylic acids is 1. The lowest BCUT2D eigenvalue weighted by Gasteiger charge is -2.22. The maximum absolute atomic E-state index is 11.5. The van der Waals surface area contributed by atoms with Crippen molar-refractivity contribution in [1.29, 1.82) is 0 Å². The summed E-state index contributed by atoms with van der Waals surface area (Å²) in [5, 5.41) is 2.89. The Morgan fingerprint density at radius 3 is 2.50 bits per heavy atom. The first-order chi connectivity index (χ1) is 7.35. The van der Waals surface area contributed by atoms with Gasteiger partial charge in [-0.05, 0) is 24.7 Å². The van der Waals surface area contributed by atoms with Gasteiger partial charge in [-0.15, -0.1) is 11.8 Å². The van der Waals surface area contributed by atoms with Gasteiger partial charge < -0.3 is 5.32 Å². The highest BCUT2D eigenvalue weighted by atomic mass is 16.1. The molecule has 1 N–H and O–H groups in total. The molecule has 0 radical (unpaired) electrons. The second-order valence-corrected chi connectivity index (χ2v) is 5.60. The monoisotopic (exact) mass is 223 g/mol. The minimum absolute atomic E-state index is 0.148. The summed E-state index contributed by atoms with van der Waals surface area (Å²) in [6.45, 7) is 11.2. The Morgan fingerprint density at radius 1 is 1.38 bits per heavy atom. The number of hydrogen-bond donors (Lipinski definition) is 1. The largest absolute Gasteiger partial charge is 0.355 e. The van der Waals surface area contributed by atoms with Gasteiger partial charge in [-0.2, -0.15) is 0 Å². The molecule has 0 bridgehead atoms. The highest BCUT2D eigenvalue weighted by molar-refractivity contribution is 5.76. The Morgan fingerprint density at radius 2 is 2.00 bits per heavy atom. The van der Waals surface area contributed by atoms with Gasteiger partial charge in [0, 0.05) is 19.4 Å². The zero-order valence-corrected chi connectivity index (χ0v) is 11.3. The third-order valence-electron chi connectivity index (χ3n) is 2.24. The standard InChI is InChI=1S/C14H25NO/c1-6-7-8-9-15-13(16)10-12(2)11-14(3,4)5/h12H,8-11H2,1-5H3,(H,15,16). The van der Waals surface area contributed by atoms with Crippen molar-refractivity contribution in [3.05, 3.63) is 0 Å². The van der Waals surface area contributed by atoms with Gasteiger partial charge in [0.2, 0.25) is 5.91 Å². The first-order valence-corrected chi connectivity index (χ1v) is 6.01. The molecule has 0 aromatic carbocycles. The first kappa shape index (κ1) is 15.0. The van der Waals surface area contributed by atoms with E-state index < -0.39 is 0 Å². The van der Waals surface area contributed by atoms with E-state index in [2.05, 4.69) is 44.9 Å². The quantitative estimate of drug-likeness (QED) is 0.563. The minimum Gasteiger partial charge on any atom is -0.355 e. The fourth-order valence-corrected chi connectivity index (χ4v) is 1.90. The lowest BCUT2D eigenvalue weighted by atomic mass is 9.84. The lowest BCUT2D eigenvalue weighted by molar-refractivity contribution is -0.122. The van der Waals surface area contributed by atoms with Gasteiger partial charge in [0.25, 0.3) is 0 Å². The molecule has 0 aliphatic carbocycles. The number of carbonyl (C=O) groups is 1. The molecule has 0 saturated heterocycles. The van der Waals surface area contributed by atoms with E-state index in [0.717, 1.165) is 12.8 Å². The van der Waals surface area contributed by atoms with Gasteiger partial charge >= 0.3 is 0 Å². The van der Waals surface area contributed by atoms with Crippen molar-refractivity contribution in [1.82, 2.24) is 5.32 Å². The second-order valence-electron chi connectivity index (χ2n) is 5.60. The molecule has 2 nitrogen and oxygen atoms in total. The molecule has 0 spiro atoms. The molecule has 1 unspecified atom stereocenters. The molecule has 0 heterocycles. The molecular weight excluding hydrogens is 198 g/mol. The minimum atomic E-state index is 0.148. The van der Waals surface area contributed by atoms with Gasteiger partial charge in [-0.1, -0.05) is 27.7 Å². The summed E-state index contributed by atoms with van der Waals surface area (Å²) in [5.74, 6) is 6.33. The Hall–Kier alpha value is -0.970. The van der Waals surface area contributed by atoms with Crippen LogP contribution in [0.25, 0.3) is 0 Å². The summed E-state index contributed by atoms with van der Waals surface area (Å²) in [4.78, 5) is 11.5. The van der Waals surface area contributed by atoms with Crippen LogP contribution in [0.3, 0.4) is 0 Å². The number of hydrogen-bond acceptors (Lipinski definition) is 1. The van der Waals surface area contributed by atoms with E-state index in [1.54, 1.807) is 0 Å². The van der Waals surface area contributed by atoms with Crippen LogP contribution in [-0.2, 0) is 4.79 Å². The first-order valence-electron chi connectivity index (χ1n) is 6.01. The third-order valence-corrected chi connectivity index (χ3v) is 2.24. The summed E-state index contributed by atoms with van der Waals surface area (Å²) < 4.78 is 0. The van der Waals surface area contributed by atoms with Crippen LogP contribution in [0.2, 0.25) is 0 Å². The maximum Gasteiger partial charge on any atom is 0.220 e. The van der Waals surface area contributed by atoms with Crippen molar-refractivity contribution in [3.63, 3.8) is 0 Å². The summed E-state index contributed by atoms with van der Waals surface area (Å²) >= 11 is 0.